The first-order chi connectivity index (χ1) is 6.16. The van der Waals surface area contributed by atoms with E-state index in [1.54, 1.807) is 18.2 Å². The minimum absolute atomic E-state index is 0.0766. The van der Waals surface area contributed by atoms with Crippen LogP contribution in [-0.4, -0.2) is 15.8 Å². The van der Waals surface area contributed by atoms with Gasteiger partial charge < -0.3 is 4.98 Å². The summed E-state index contributed by atoms with van der Waals surface area (Å²) in [5.74, 6) is 0.296. The lowest BCUT2D eigenvalue weighted by atomic mass is 10.3. The van der Waals surface area contributed by atoms with E-state index in [9.17, 15) is 4.79 Å². The zero-order chi connectivity index (χ0) is 9.42. The number of carbonyl (C=O) groups excluding carboxylic acids is 1. The highest BCUT2D eigenvalue weighted by molar-refractivity contribution is 6.31. The van der Waals surface area contributed by atoms with E-state index < -0.39 is 0 Å². The molecule has 0 radical (unpaired) electrons. The van der Waals surface area contributed by atoms with E-state index in [1.807, 2.05) is 0 Å². The van der Waals surface area contributed by atoms with Crippen LogP contribution in [0, 0.1) is 0 Å². The van der Waals surface area contributed by atoms with Gasteiger partial charge in [-0.3, -0.25) is 4.79 Å². The summed E-state index contributed by atoms with van der Waals surface area (Å²) < 4.78 is 0. The fourth-order valence-corrected chi connectivity index (χ4v) is 1.32. The zero-order valence-electron chi connectivity index (χ0n) is 6.97. The largest absolute Gasteiger partial charge is 0.335 e. The summed E-state index contributed by atoms with van der Waals surface area (Å²) >= 11 is 5.77. The second-order valence-corrected chi connectivity index (χ2v) is 3.24. The Labute approximate surface area is 79.7 Å². The number of benzene rings is 1. The fraction of sp³-hybridized carbons (Fsp3) is 0.111. The summed E-state index contributed by atoms with van der Waals surface area (Å²) in [5.41, 5.74) is 1.55. The second-order valence-electron chi connectivity index (χ2n) is 2.80. The summed E-state index contributed by atoms with van der Waals surface area (Å²) in [5, 5.41) is 0.631. The molecule has 0 atom stereocenters. The van der Waals surface area contributed by atoms with Crippen molar-refractivity contribution in [1.29, 1.82) is 0 Å². The van der Waals surface area contributed by atoms with Gasteiger partial charge in [0.05, 0.1) is 11.0 Å². The Hall–Kier alpha value is -1.35. The first-order valence-corrected chi connectivity index (χ1v) is 4.21. The lowest BCUT2D eigenvalue weighted by molar-refractivity contribution is 0.100. The average Bonchev–Trinajstić information content (AvgIpc) is 2.46. The summed E-state index contributed by atoms with van der Waals surface area (Å²) in [4.78, 5) is 18.0. The molecule has 1 aromatic heterocycles. The lowest BCUT2D eigenvalue weighted by Crippen LogP contribution is -1.93. The smallest absolute Gasteiger partial charge is 0.195 e. The number of hydrogen-bond acceptors (Lipinski definition) is 2. The van der Waals surface area contributed by atoms with Gasteiger partial charge >= 0.3 is 0 Å². The van der Waals surface area contributed by atoms with Crippen molar-refractivity contribution in [2.45, 2.75) is 6.92 Å². The molecule has 1 N–H and O–H groups in total. The summed E-state index contributed by atoms with van der Waals surface area (Å²) in [6.07, 6.45) is 0. The Balaban J connectivity index is 2.68. The van der Waals surface area contributed by atoms with Gasteiger partial charge in [-0.15, -0.1) is 0 Å². The van der Waals surface area contributed by atoms with Crippen LogP contribution >= 0.6 is 11.6 Å². The molecule has 0 saturated heterocycles. The van der Waals surface area contributed by atoms with Crippen LogP contribution in [0.15, 0.2) is 18.2 Å². The number of hydrogen-bond donors (Lipinski definition) is 1. The molecule has 0 saturated carbocycles. The van der Waals surface area contributed by atoms with Crippen LogP contribution in [0.4, 0.5) is 0 Å². The first-order valence-electron chi connectivity index (χ1n) is 3.83. The highest BCUT2D eigenvalue weighted by Crippen LogP contribution is 2.17. The standard InChI is InChI=1S/C9H7ClN2O/c1-5(13)9-11-7-3-2-6(10)4-8(7)12-9/h2-4H,1H3,(H,11,12). The Morgan fingerprint density at radius 2 is 2.31 bits per heavy atom. The van der Waals surface area contributed by atoms with E-state index in [-0.39, 0.29) is 5.78 Å². The maximum atomic E-state index is 11.0. The molecule has 2 rings (SSSR count). The predicted molar refractivity (Wildman–Crippen MR) is 51.1 cm³/mol. The van der Waals surface area contributed by atoms with Crippen molar-refractivity contribution in [3.05, 3.63) is 29.0 Å². The van der Waals surface area contributed by atoms with Crippen LogP contribution in [0.2, 0.25) is 5.02 Å². The molecule has 0 aliphatic rings. The van der Waals surface area contributed by atoms with Gasteiger partial charge in [0.25, 0.3) is 0 Å². The third-order valence-electron chi connectivity index (χ3n) is 1.78. The van der Waals surface area contributed by atoms with Crippen molar-refractivity contribution < 1.29 is 4.79 Å². The summed E-state index contributed by atoms with van der Waals surface area (Å²) in [7, 11) is 0. The predicted octanol–water partition coefficient (Wildman–Crippen LogP) is 2.42. The third-order valence-corrected chi connectivity index (χ3v) is 2.01. The second kappa shape index (κ2) is 2.85. The van der Waals surface area contributed by atoms with Gasteiger partial charge in [-0.25, -0.2) is 4.98 Å². The lowest BCUT2D eigenvalue weighted by Gasteiger charge is -1.87. The van der Waals surface area contributed by atoms with E-state index in [0.717, 1.165) is 11.0 Å². The number of Topliss-reactive ketones (excluding diaryl/α,β-unsaturated/α-hetero) is 1. The monoisotopic (exact) mass is 194 g/mol. The maximum absolute atomic E-state index is 11.0. The van der Waals surface area contributed by atoms with Gasteiger partial charge in [0, 0.05) is 11.9 Å². The van der Waals surface area contributed by atoms with E-state index >= 15 is 0 Å². The zero-order valence-corrected chi connectivity index (χ0v) is 7.72. The van der Waals surface area contributed by atoms with Gasteiger partial charge in [-0.2, -0.15) is 0 Å². The van der Waals surface area contributed by atoms with Crippen LogP contribution in [0.25, 0.3) is 11.0 Å². The number of rotatable bonds is 1. The fourth-order valence-electron chi connectivity index (χ4n) is 1.15. The highest BCUT2D eigenvalue weighted by atomic mass is 35.5. The molecule has 66 valence electrons. The molecule has 0 fully saturated rings. The highest BCUT2D eigenvalue weighted by Gasteiger charge is 2.05. The van der Waals surface area contributed by atoms with E-state index in [2.05, 4.69) is 9.97 Å². The van der Waals surface area contributed by atoms with E-state index in [4.69, 9.17) is 11.6 Å². The van der Waals surface area contributed by atoms with Crippen molar-refractivity contribution in [1.82, 2.24) is 9.97 Å². The molecule has 0 amide bonds. The molecule has 0 aliphatic carbocycles. The number of carbonyl (C=O) groups is 1. The minimum Gasteiger partial charge on any atom is -0.335 e. The van der Waals surface area contributed by atoms with Gasteiger partial charge in [-0.05, 0) is 18.2 Å². The van der Waals surface area contributed by atoms with Crippen LogP contribution in [-0.2, 0) is 0 Å². The van der Waals surface area contributed by atoms with Gasteiger partial charge in [0.2, 0.25) is 0 Å². The van der Waals surface area contributed by atoms with Crippen LogP contribution in [0.1, 0.15) is 17.5 Å². The van der Waals surface area contributed by atoms with Crippen LogP contribution < -0.4 is 0 Å². The van der Waals surface area contributed by atoms with Gasteiger partial charge in [0.15, 0.2) is 11.6 Å². The molecule has 4 heteroatoms. The van der Waals surface area contributed by atoms with Gasteiger partial charge in [0.1, 0.15) is 0 Å². The number of ketones is 1. The molecule has 1 heterocycles. The Kier molecular flexibility index (Phi) is 1.81. The number of H-pyrrole nitrogens is 1. The van der Waals surface area contributed by atoms with Gasteiger partial charge in [-0.1, -0.05) is 11.6 Å². The maximum Gasteiger partial charge on any atom is 0.195 e. The number of aromatic nitrogens is 2. The number of nitrogens with zero attached hydrogens (tertiary/aromatic N) is 1. The molecule has 0 bridgehead atoms. The topological polar surface area (TPSA) is 45.8 Å². The molecular weight excluding hydrogens is 188 g/mol. The van der Waals surface area contributed by atoms with Crippen LogP contribution in [0.5, 0.6) is 0 Å². The SMILES string of the molecule is CC(=O)c1nc2ccc(Cl)cc2[nH]1. The van der Waals surface area contributed by atoms with E-state index in [0.29, 0.717) is 10.8 Å². The number of imidazole rings is 1. The Bertz CT molecular complexity index is 475. The first kappa shape index (κ1) is 8.26. The van der Waals surface area contributed by atoms with Crippen molar-refractivity contribution >= 4 is 28.4 Å². The van der Waals surface area contributed by atoms with E-state index in [1.165, 1.54) is 6.92 Å². The quantitative estimate of drug-likeness (QED) is 0.709. The van der Waals surface area contributed by atoms with Crippen LogP contribution in [0.3, 0.4) is 0 Å². The summed E-state index contributed by atoms with van der Waals surface area (Å²) in [6, 6.07) is 5.27. The molecule has 0 aliphatic heterocycles. The molecule has 3 nitrogen and oxygen atoms in total. The molecule has 2 aromatic rings. The number of nitrogens with one attached hydrogen (secondary N) is 1. The number of aromatic amines is 1. The average molecular weight is 195 g/mol. The number of halogens is 1. The van der Waals surface area contributed by atoms with Crippen molar-refractivity contribution in [3.63, 3.8) is 0 Å². The molecule has 13 heavy (non-hydrogen) atoms. The molecule has 0 unspecified atom stereocenters. The minimum atomic E-state index is -0.0766. The molecular formula is C9H7ClN2O. The third kappa shape index (κ3) is 1.42. The molecule has 0 spiro atoms. The summed E-state index contributed by atoms with van der Waals surface area (Å²) in [6.45, 7) is 1.47. The number of fused-ring (bicyclic) bond motifs is 1. The molecule has 1 aromatic carbocycles. The van der Waals surface area contributed by atoms with Crippen molar-refractivity contribution in [3.8, 4) is 0 Å². The normalized spacial score (nSPS) is 10.6. The van der Waals surface area contributed by atoms with Crippen molar-refractivity contribution in [2.24, 2.45) is 0 Å². The van der Waals surface area contributed by atoms with Crippen molar-refractivity contribution in [2.75, 3.05) is 0 Å². The Morgan fingerprint density at radius 1 is 1.54 bits per heavy atom. The Morgan fingerprint density at radius 3 is 3.00 bits per heavy atom.